The first-order chi connectivity index (χ1) is 6.41. The summed E-state index contributed by atoms with van der Waals surface area (Å²) in [6.07, 6.45) is 0.523. The third-order valence-corrected chi connectivity index (χ3v) is 1.86. The fraction of sp³-hybridized carbons (Fsp3) is 0.900. The van der Waals surface area contributed by atoms with Gasteiger partial charge in [-0.05, 0) is 6.42 Å². The number of hydrogen-bond acceptors (Lipinski definition) is 3. The second-order valence-electron chi connectivity index (χ2n) is 4.39. The lowest BCUT2D eigenvalue weighted by Gasteiger charge is -2.23. The summed E-state index contributed by atoms with van der Waals surface area (Å²) in [5.41, 5.74) is -0.401. The van der Waals surface area contributed by atoms with Gasteiger partial charge in [0, 0.05) is 19.1 Å². The van der Waals surface area contributed by atoms with Crippen molar-refractivity contribution in [3.8, 4) is 0 Å². The van der Waals surface area contributed by atoms with E-state index in [1.165, 1.54) is 0 Å². The molecule has 4 heteroatoms. The van der Waals surface area contributed by atoms with Crippen LogP contribution in [0.5, 0.6) is 0 Å². The molecule has 0 aromatic rings. The smallest absolute Gasteiger partial charge is 0.225 e. The summed E-state index contributed by atoms with van der Waals surface area (Å²) < 4.78 is 4.94. The topological polar surface area (TPSA) is 58.6 Å². The lowest BCUT2D eigenvalue weighted by molar-refractivity contribution is -0.129. The SMILES string of the molecule is COCC(CCO)NC(=O)C(C)(C)C. The van der Waals surface area contributed by atoms with Gasteiger partial charge in [0.05, 0.1) is 12.6 Å². The minimum Gasteiger partial charge on any atom is -0.396 e. The molecule has 14 heavy (non-hydrogen) atoms. The van der Waals surface area contributed by atoms with E-state index in [4.69, 9.17) is 9.84 Å². The molecule has 0 aromatic heterocycles. The summed E-state index contributed by atoms with van der Waals surface area (Å²) in [4.78, 5) is 11.6. The Morgan fingerprint density at radius 3 is 2.43 bits per heavy atom. The first kappa shape index (κ1) is 13.4. The normalized spacial score (nSPS) is 13.8. The van der Waals surface area contributed by atoms with Crippen LogP contribution in [0.4, 0.5) is 0 Å². The third kappa shape index (κ3) is 5.19. The van der Waals surface area contributed by atoms with Crippen LogP contribution in [-0.4, -0.2) is 37.4 Å². The zero-order chi connectivity index (χ0) is 11.2. The highest BCUT2D eigenvalue weighted by Crippen LogP contribution is 2.13. The van der Waals surface area contributed by atoms with Crippen LogP contribution < -0.4 is 5.32 Å². The highest BCUT2D eigenvalue weighted by atomic mass is 16.5. The molecule has 0 heterocycles. The molecule has 0 spiro atoms. The zero-order valence-electron chi connectivity index (χ0n) is 9.46. The van der Waals surface area contributed by atoms with Crippen molar-refractivity contribution in [2.24, 2.45) is 5.41 Å². The number of carbonyl (C=O) groups is 1. The number of aliphatic hydroxyl groups excluding tert-OH is 1. The molecule has 1 unspecified atom stereocenters. The fourth-order valence-electron chi connectivity index (χ4n) is 0.956. The summed E-state index contributed by atoms with van der Waals surface area (Å²) in [7, 11) is 1.58. The molecule has 0 aromatic carbocycles. The van der Waals surface area contributed by atoms with Gasteiger partial charge in [0.15, 0.2) is 0 Å². The number of amides is 1. The Balaban J connectivity index is 4.08. The van der Waals surface area contributed by atoms with Gasteiger partial charge in [0.1, 0.15) is 0 Å². The number of methoxy groups -OCH3 is 1. The van der Waals surface area contributed by atoms with Crippen molar-refractivity contribution < 1.29 is 14.6 Å². The van der Waals surface area contributed by atoms with Gasteiger partial charge in [-0.15, -0.1) is 0 Å². The van der Waals surface area contributed by atoms with Gasteiger partial charge in [0.2, 0.25) is 5.91 Å². The van der Waals surface area contributed by atoms with Crippen LogP contribution in [0, 0.1) is 5.41 Å². The molecule has 0 aliphatic carbocycles. The molecule has 0 fully saturated rings. The van der Waals surface area contributed by atoms with E-state index in [0.717, 1.165) is 0 Å². The molecule has 0 aliphatic rings. The lowest BCUT2D eigenvalue weighted by Crippen LogP contribution is -2.44. The molecule has 1 atom stereocenters. The van der Waals surface area contributed by atoms with Gasteiger partial charge in [-0.25, -0.2) is 0 Å². The molecule has 0 bridgehead atoms. The fourth-order valence-corrected chi connectivity index (χ4v) is 0.956. The van der Waals surface area contributed by atoms with Gasteiger partial charge in [-0.1, -0.05) is 20.8 Å². The van der Waals surface area contributed by atoms with E-state index in [1.54, 1.807) is 7.11 Å². The van der Waals surface area contributed by atoms with Crippen LogP contribution in [0.1, 0.15) is 27.2 Å². The van der Waals surface area contributed by atoms with Gasteiger partial charge >= 0.3 is 0 Å². The highest BCUT2D eigenvalue weighted by molar-refractivity contribution is 5.81. The first-order valence-corrected chi connectivity index (χ1v) is 4.82. The molecule has 0 aliphatic heterocycles. The van der Waals surface area contributed by atoms with Crippen LogP contribution in [0.25, 0.3) is 0 Å². The Morgan fingerprint density at radius 2 is 2.07 bits per heavy atom. The first-order valence-electron chi connectivity index (χ1n) is 4.82. The Labute approximate surface area is 85.6 Å². The molecule has 4 nitrogen and oxygen atoms in total. The van der Waals surface area contributed by atoms with Crippen molar-refractivity contribution in [1.29, 1.82) is 0 Å². The maximum Gasteiger partial charge on any atom is 0.225 e. The van der Waals surface area contributed by atoms with Crippen molar-refractivity contribution in [3.05, 3.63) is 0 Å². The summed E-state index contributed by atoms with van der Waals surface area (Å²) in [5.74, 6) is -0.0204. The standard InChI is InChI=1S/C10H21NO3/c1-10(2,3)9(13)11-8(5-6-12)7-14-4/h8,12H,5-7H2,1-4H3,(H,11,13). The predicted molar refractivity (Wildman–Crippen MR) is 55.0 cm³/mol. The molecule has 0 radical (unpaired) electrons. The van der Waals surface area contributed by atoms with Crippen LogP contribution in [0.2, 0.25) is 0 Å². The molecule has 2 N–H and O–H groups in total. The van der Waals surface area contributed by atoms with Crippen molar-refractivity contribution >= 4 is 5.91 Å². The van der Waals surface area contributed by atoms with E-state index in [2.05, 4.69) is 5.32 Å². The van der Waals surface area contributed by atoms with Crippen LogP contribution >= 0.6 is 0 Å². The van der Waals surface area contributed by atoms with Crippen molar-refractivity contribution in [3.63, 3.8) is 0 Å². The second-order valence-corrected chi connectivity index (χ2v) is 4.39. The van der Waals surface area contributed by atoms with Crippen molar-refractivity contribution in [2.45, 2.75) is 33.2 Å². The number of hydrogen-bond donors (Lipinski definition) is 2. The quantitative estimate of drug-likeness (QED) is 0.686. The molecular weight excluding hydrogens is 182 g/mol. The number of ether oxygens (including phenoxy) is 1. The van der Waals surface area contributed by atoms with E-state index < -0.39 is 5.41 Å². The van der Waals surface area contributed by atoms with E-state index in [0.29, 0.717) is 13.0 Å². The van der Waals surface area contributed by atoms with Crippen LogP contribution in [-0.2, 0) is 9.53 Å². The minimum atomic E-state index is -0.401. The number of aliphatic hydroxyl groups is 1. The Hall–Kier alpha value is -0.610. The van der Waals surface area contributed by atoms with E-state index in [-0.39, 0.29) is 18.6 Å². The van der Waals surface area contributed by atoms with E-state index in [9.17, 15) is 4.79 Å². The largest absolute Gasteiger partial charge is 0.396 e. The van der Waals surface area contributed by atoms with Gasteiger partial charge in [0.25, 0.3) is 0 Å². The molecule has 1 amide bonds. The predicted octanol–water partition coefficient (Wildman–Crippen LogP) is 0.546. The summed E-state index contributed by atoms with van der Waals surface area (Å²) in [5, 5.41) is 11.6. The third-order valence-electron chi connectivity index (χ3n) is 1.86. The molecule has 84 valence electrons. The second kappa shape index (κ2) is 5.98. The Morgan fingerprint density at radius 1 is 1.50 bits per heavy atom. The molecular formula is C10H21NO3. The number of rotatable bonds is 5. The van der Waals surface area contributed by atoms with Gasteiger partial charge in [-0.3, -0.25) is 4.79 Å². The maximum atomic E-state index is 11.6. The van der Waals surface area contributed by atoms with E-state index in [1.807, 2.05) is 20.8 Å². The monoisotopic (exact) mass is 203 g/mol. The zero-order valence-corrected chi connectivity index (χ0v) is 9.46. The van der Waals surface area contributed by atoms with Gasteiger partial charge in [-0.2, -0.15) is 0 Å². The van der Waals surface area contributed by atoms with E-state index >= 15 is 0 Å². The highest BCUT2D eigenvalue weighted by Gasteiger charge is 2.23. The van der Waals surface area contributed by atoms with Crippen molar-refractivity contribution in [1.82, 2.24) is 5.32 Å². The molecule has 0 saturated carbocycles. The summed E-state index contributed by atoms with van der Waals surface area (Å²) >= 11 is 0. The van der Waals surface area contributed by atoms with Crippen LogP contribution in [0.15, 0.2) is 0 Å². The average Bonchev–Trinajstić information content (AvgIpc) is 2.03. The number of carbonyl (C=O) groups excluding carboxylic acids is 1. The Kier molecular flexibility index (Phi) is 5.72. The molecule has 0 saturated heterocycles. The lowest BCUT2D eigenvalue weighted by atomic mass is 9.95. The maximum absolute atomic E-state index is 11.6. The van der Waals surface area contributed by atoms with Crippen molar-refractivity contribution in [2.75, 3.05) is 20.3 Å². The Bertz CT molecular complexity index is 169. The summed E-state index contributed by atoms with van der Waals surface area (Å²) in [6, 6.07) is -0.100. The average molecular weight is 203 g/mol. The summed E-state index contributed by atoms with van der Waals surface area (Å²) in [6.45, 7) is 6.04. The number of nitrogens with one attached hydrogen (secondary N) is 1. The van der Waals surface area contributed by atoms with Gasteiger partial charge < -0.3 is 15.2 Å². The molecule has 0 rings (SSSR count). The van der Waals surface area contributed by atoms with Crippen LogP contribution in [0.3, 0.4) is 0 Å². The minimum absolute atomic E-state index is 0.0204.